The highest BCUT2D eigenvalue weighted by Crippen LogP contribution is 2.50. The van der Waals surface area contributed by atoms with Crippen molar-refractivity contribution >= 4 is 17.3 Å². The highest BCUT2D eigenvalue weighted by Gasteiger charge is 2.66. The average Bonchev–Trinajstić information content (AvgIpc) is 3.09. The van der Waals surface area contributed by atoms with Crippen molar-refractivity contribution in [2.45, 2.75) is 24.2 Å². The maximum Gasteiger partial charge on any atom is 0.431 e. The maximum atomic E-state index is 13.2. The first kappa shape index (κ1) is 16.6. The van der Waals surface area contributed by atoms with E-state index in [4.69, 9.17) is 0 Å². The Morgan fingerprint density at radius 1 is 1.08 bits per heavy atom. The van der Waals surface area contributed by atoms with E-state index in [0.29, 0.717) is 11.3 Å². The molecule has 2 aliphatic rings. The molecule has 0 saturated carbocycles. The van der Waals surface area contributed by atoms with Crippen LogP contribution in [0.3, 0.4) is 0 Å². The summed E-state index contributed by atoms with van der Waals surface area (Å²) in [5.74, 6) is -0.990. The van der Waals surface area contributed by atoms with Crippen LogP contribution in [0, 0.1) is 5.82 Å². The van der Waals surface area contributed by atoms with E-state index in [1.807, 2.05) is 0 Å². The van der Waals surface area contributed by atoms with Crippen molar-refractivity contribution in [1.29, 1.82) is 0 Å². The third-order valence-corrected chi connectivity index (χ3v) is 4.71. The summed E-state index contributed by atoms with van der Waals surface area (Å²) in [5, 5.41) is 3.38. The topological polar surface area (TPSA) is 44.7 Å². The number of rotatable bonds is 2. The van der Waals surface area contributed by atoms with Crippen LogP contribution < -0.4 is 10.3 Å². The minimum Gasteiger partial charge on any atom is -0.300 e. The van der Waals surface area contributed by atoms with E-state index in [-0.39, 0.29) is 0 Å². The third-order valence-electron chi connectivity index (χ3n) is 4.71. The van der Waals surface area contributed by atoms with Gasteiger partial charge in [0.05, 0.1) is 6.04 Å². The Bertz CT molecular complexity index is 880. The molecule has 1 saturated heterocycles. The minimum absolute atomic E-state index is 0.415. The number of halogens is 4. The predicted octanol–water partition coefficient (Wildman–Crippen LogP) is 3.56. The normalized spacial score (nSPS) is 25.1. The molecule has 2 aliphatic heterocycles. The Balaban J connectivity index is 1.74. The van der Waals surface area contributed by atoms with Crippen LogP contribution in [-0.4, -0.2) is 23.3 Å². The van der Waals surface area contributed by atoms with Crippen LogP contribution in [0.4, 0.5) is 23.2 Å². The zero-order valence-corrected chi connectivity index (χ0v) is 13.3. The van der Waals surface area contributed by atoms with Gasteiger partial charge in [0.25, 0.3) is 5.91 Å². The SMILES string of the molecule is O=C1N(c2ccc(F)cc2)[C@H](c2ccccc2)[C@]12CC(C(F)(F)F)=NN2. The molecule has 1 N–H and O–H groups in total. The van der Waals surface area contributed by atoms with E-state index in [0.717, 1.165) is 0 Å². The molecule has 0 aliphatic carbocycles. The molecular formula is C18H13F4N3O. The maximum absolute atomic E-state index is 13.2. The lowest BCUT2D eigenvalue weighted by molar-refractivity contribution is -0.134. The Kier molecular flexibility index (Phi) is 3.54. The highest BCUT2D eigenvalue weighted by atomic mass is 19.4. The zero-order valence-electron chi connectivity index (χ0n) is 13.3. The lowest BCUT2D eigenvalue weighted by Gasteiger charge is -2.54. The molecule has 0 radical (unpaired) electrons. The molecule has 2 heterocycles. The standard InChI is InChI=1S/C18H13F4N3O/c19-12-6-8-13(9-7-12)25-15(11-4-2-1-3-5-11)17(16(25)26)10-14(23-24-17)18(20,21)22/h1-9,15,24H,10H2/t15-,17-/m1/s1. The summed E-state index contributed by atoms with van der Waals surface area (Å²) in [6.45, 7) is 0. The van der Waals surface area contributed by atoms with Crippen LogP contribution in [0.1, 0.15) is 18.0 Å². The molecule has 2 aromatic carbocycles. The number of β-lactam (4-membered cyclic amide) rings is 1. The Morgan fingerprint density at radius 3 is 2.31 bits per heavy atom. The number of hydrogen-bond acceptors (Lipinski definition) is 3. The summed E-state index contributed by atoms with van der Waals surface area (Å²) in [5.41, 5.74) is 1.03. The van der Waals surface area contributed by atoms with Crippen LogP contribution in [0.15, 0.2) is 59.7 Å². The van der Waals surface area contributed by atoms with Gasteiger partial charge in [-0.1, -0.05) is 30.3 Å². The van der Waals surface area contributed by atoms with E-state index < -0.39 is 41.6 Å². The summed E-state index contributed by atoms with van der Waals surface area (Å²) >= 11 is 0. The number of nitrogens with one attached hydrogen (secondary N) is 1. The van der Waals surface area contributed by atoms with Crippen LogP contribution in [-0.2, 0) is 4.79 Å². The summed E-state index contributed by atoms with van der Waals surface area (Å²) < 4.78 is 52.4. The molecule has 26 heavy (non-hydrogen) atoms. The van der Waals surface area contributed by atoms with Crippen LogP contribution >= 0.6 is 0 Å². The second kappa shape index (κ2) is 5.55. The molecule has 0 bridgehead atoms. The molecule has 1 amide bonds. The number of benzene rings is 2. The Labute approximate surface area is 146 Å². The van der Waals surface area contributed by atoms with Crippen molar-refractivity contribution in [3.8, 4) is 0 Å². The number of hydrogen-bond donors (Lipinski definition) is 1. The van der Waals surface area contributed by atoms with Gasteiger partial charge in [-0.3, -0.25) is 15.1 Å². The number of carbonyl (C=O) groups is 1. The van der Waals surface area contributed by atoms with Crippen LogP contribution in [0.5, 0.6) is 0 Å². The molecule has 8 heteroatoms. The molecule has 2 aromatic rings. The van der Waals surface area contributed by atoms with E-state index in [1.54, 1.807) is 30.3 Å². The van der Waals surface area contributed by atoms with Crippen molar-refractivity contribution < 1.29 is 22.4 Å². The van der Waals surface area contributed by atoms with Gasteiger partial charge >= 0.3 is 6.18 Å². The van der Waals surface area contributed by atoms with Gasteiger partial charge in [0.1, 0.15) is 11.5 Å². The first-order valence-electron chi connectivity index (χ1n) is 7.88. The third kappa shape index (κ3) is 2.36. The number of anilines is 1. The second-order valence-corrected chi connectivity index (χ2v) is 6.28. The van der Waals surface area contributed by atoms with E-state index in [2.05, 4.69) is 10.5 Å². The zero-order chi connectivity index (χ0) is 18.5. The quantitative estimate of drug-likeness (QED) is 0.655. The number of alkyl halides is 3. The molecule has 4 nitrogen and oxygen atoms in total. The van der Waals surface area contributed by atoms with Gasteiger partial charge in [-0.05, 0) is 29.8 Å². The molecule has 4 rings (SSSR count). The van der Waals surface area contributed by atoms with Crippen molar-refractivity contribution in [3.63, 3.8) is 0 Å². The van der Waals surface area contributed by atoms with Gasteiger partial charge in [-0.15, -0.1) is 0 Å². The molecule has 134 valence electrons. The van der Waals surface area contributed by atoms with E-state index >= 15 is 0 Å². The summed E-state index contributed by atoms with van der Waals surface area (Å²) in [6.07, 6.45) is -5.15. The van der Waals surface area contributed by atoms with Crippen molar-refractivity contribution in [2.75, 3.05) is 4.90 Å². The largest absolute Gasteiger partial charge is 0.431 e. The summed E-state index contributed by atoms with van der Waals surface area (Å²) in [6, 6.07) is 13.3. The fourth-order valence-corrected chi connectivity index (χ4v) is 3.50. The average molecular weight is 363 g/mol. The van der Waals surface area contributed by atoms with Crippen molar-refractivity contribution in [2.24, 2.45) is 5.10 Å². The lowest BCUT2D eigenvalue weighted by Crippen LogP contribution is -2.73. The molecular weight excluding hydrogens is 350 g/mol. The van der Waals surface area contributed by atoms with Gasteiger partial charge < -0.3 is 0 Å². The monoisotopic (exact) mass is 363 g/mol. The van der Waals surface area contributed by atoms with Gasteiger partial charge in [0, 0.05) is 12.1 Å². The van der Waals surface area contributed by atoms with Gasteiger partial charge in [0.15, 0.2) is 5.54 Å². The van der Waals surface area contributed by atoms with Gasteiger partial charge in [-0.2, -0.15) is 18.3 Å². The van der Waals surface area contributed by atoms with E-state index in [9.17, 15) is 22.4 Å². The summed E-state index contributed by atoms with van der Waals surface area (Å²) in [4.78, 5) is 14.2. The predicted molar refractivity (Wildman–Crippen MR) is 87.0 cm³/mol. The Hall–Kier alpha value is -2.90. The number of nitrogens with zero attached hydrogens (tertiary/aromatic N) is 2. The smallest absolute Gasteiger partial charge is 0.300 e. The van der Waals surface area contributed by atoms with Gasteiger partial charge in [0.2, 0.25) is 0 Å². The highest BCUT2D eigenvalue weighted by molar-refractivity contribution is 6.13. The fourth-order valence-electron chi connectivity index (χ4n) is 3.50. The Morgan fingerprint density at radius 2 is 1.73 bits per heavy atom. The van der Waals surface area contributed by atoms with Gasteiger partial charge in [-0.25, -0.2) is 4.39 Å². The van der Waals surface area contributed by atoms with Crippen molar-refractivity contribution in [3.05, 3.63) is 66.0 Å². The number of hydrazone groups is 1. The van der Waals surface area contributed by atoms with Crippen LogP contribution in [0.2, 0.25) is 0 Å². The number of amides is 1. The van der Waals surface area contributed by atoms with Crippen LogP contribution in [0.25, 0.3) is 0 Å². The van der Waals surface area contributed by atoms with Crippen molar-refractivity contribution in [1.82, 2.24) is 5.43 Å². The minimum atomic E-state index is -4.60. The first-order chi connectivity index (χ1) is 12.3. The molecule has 0 unspecified atom stereocenters. The molecule has 0 aromatic heterocycles. The molecule has 2 atom stereocenters. The molecule has 1 fully saturated rings. The lowest BCUT2D eigenvalue weighted by atomic mass is 9.72. The second-order valence-electron chi connectivity index (χ2n) is 6.28. The van der Waals surface area contributed by atoms with E-state index in [1.165, 1.54) is 29.2 Å². The number of carbonyl (C=O) groups excluding carboxylic acids is 1. The summed E-state index contributed by atoms with van der Waals surface area (Å²) in [7, 11) is 0. The molecule has 1 spiro atoms. The fraction of sp³-hybridized carbons (Fsp3) is 0.222. The first-order valence-corrected chi connectivity index (χ1v) is 7.88.